The summed E-state index contributed by atoms with van der Waals surface area (Å²) in [6.45, 7) is -1.41. The Labute approximate surface area is 266 Å². The van der Waals surface area contributed by atoms with E-state index in [1.165, 1.54) is 6.92 Å². The Hall–Kier alpha value is -1.29. The van der Waals surface area contributed by atoms with Crippen LogP contribution >= 0.6 is 0 Å². The van der Waals surface area contributed by atoms with Crippen molar-refractivity contribution >= 4 is 5.90 Å². The average molecular weight is 690 g/mol. The lowest BCUT2D eigenvalue weighted by Crippen LogP contribution is -2.66. The van der Waals surface area contributed by atoms with Crippen molar-refractivity contribution in [3.05, 3.63) is 0 Å². The second-order valence-corrected chi connectivity index (χ2v) is 11.9. The first-order chi connectivity index (χ1) is 22.3. The van der Waals surface area contributed by atoms with E-state index < -0.39 is 149 Å². The number of aliphatic hydroxyl groups is 12. The lowest BCUT2D eigenvalue weighted by atomic mass is 9.95. The normalized spacial score (nSPS) is 52.1. The van der Waals surface area contributed by atoms with Gasteiger partial charge >= 0.3 is 0 Å². The number of aliphatic hydroxyl groups excluding tert-OH is 12. The molecule has 47 heavy (non-hydrogen) atoms. The quantitative estimate of drug-likeness (QED) is 0.101. The molecule has 20 atom stereocenters. The summed E-state index contributed by atoms with van der Waals surface area (Å²) in [5, 5.41) is 124. The van der Waals surface area contributed by atoms with Crippen LogP contribution in [0.3, 0.4) is 0 Å². The Kier molecular flexibility index (Phi) is 12.0. The highest BCUT2D eigenvalue weighted by Gasteiger charge is 2.55. The average Bonchev–Trinajstić information content (AvgIpc) is 3.44. The lowest BCUT2D eigenvalue weighted by Gasteiger charge is -2.48. The molecule has 0 aliphatic carbocycles. The molecule has 0 spiro atoms. The molecule has 0 aromatic heterocycles. The first-order valence-electron chi connectivity index (χ1n) is 15.0. The summed E-state index contributed by atoms with van der Waals surface area (Å²) in [4.78, 5) is 4.16. The van der Waals surface area contributed by atoms with Crippen molar-refractivity contribution in [3.8, 4) is 0 Å². The lowest BCUT2D eigenvalue weighted by molar-refractivity contribution is -0.378. The summed E-state index contributed by atoms with van der Waals surface area (Å²) < 4.78 is 44.6. The maximum atomic E-state index is 11.3. The maximum absolute atomic E-state index is 11.3. The van der Waals surface area contributed by atoms with Crippen LogP contribution in [0.25, 0.3) is 0 Å². The minimum atomic E-state index is -1.96. The number of hydrogen-bond acceptors (Lipinski definition) is 21. The van der Waals surface area contributed by atoms with E-state index in [0.29, 0.717) is 0 Å². The molecule has 5 rings (SSSR count). The zero-order chi connectivity index (χ0) is 34.3. The van der Waals surface area contributed by atoms with Gasteiger partial charge in [-0.3, -0.25) is 0 Å². The summed E-state index contributed by atoms with van der Waals surface area (Å²) in [5.74, 6) is 0.201. The molecule has 12 unspecified atom stereocenters. The molecule has 0 aromatic rings. The van der Waals surface area contributed by atoms with Gasteiger partial charge in [-0.25, -0.2) is 4.99 Å². The Morgan fingerprint density at radius 1 is 0.532 bits per heavy atom. The fraction of sp³-hybridized carbons (Fsp3) is 0.962. The fourth-order valence-electron chi connectivity index (χ4n) is 6.06. The molecule has 0 aromatic carbocycles. The molecule has 4 saturated heterocycles. The number of fused-ring (bicyclic) bond motifs is 1. The van der Waals surface area contributed by atoms with E-state index in [1.54, 1.807) is 0 Å². The summed E-state index contributed by atoms with van der Waals surface area (Å²) in [6, 6.07) is -0.986. The number of nitrogens with zero attached hydrogens (tertiary/aromatic N) is 1. The van der Waals surface area contributed by atoms with Crippen molar-refractivity contribution in [1.82, 2.24) is 0 Å². The van der Waals surface area contributed by atoms with E-state index in [2.05, 4.69) is 4.99 Å². The van der Waals surface area contributed by atoms with Crippen molar-refractivity contribution in [2.45, 2.75) is 130 Å². The molecule has 272 valence electrons. The highest BCUT2D eigenvalue weighted by molar-refractivity contribution is 5.75. The molecule has 5 heterocycles. The molecule has 0 amide bonds. The van der Waals surface area contributed by atoms with Crippen molar-refractivity contribution in [3.63, 3.8) is 0 Å². The van der Waals surface area contributed by atoms with Gasteiger partial charge in [-0.15, -0.1) is 0 Å². The molecule has 0 saturated carbocycles. The minimum Gasteiger partial charge on any atom is -0.450 e. The van der Waals surface area contributed by atoms with Crippen LogP contribution in [0.15, 0.2) is 4.99 Å². The summed E-state index contributed by atoms with van der Waals surface area (Å²) >= 11 is 0. The van der Waals surface area contributed by atoms with Crippen molar-refractivity contribution in [1.29, 1.82) is 0 Å². The highest BCUT2D eigenvalue weighted by Crippen LogP contribution is 2.35. The molecule has 12 N–H and O–H groups in total. The van der Waals surface area contributed by atoms with E-state index in [-0.39, 0.29) is 5.90 Å². The van der Waals surface area contributed by atoms with Crippen molar-refractivity contribution in [2.75, 3.05) is 26.4 Å². The van der Waals surface area contributed by atoms with E-state index in [1.807, 2.05) is 0 Å². The minimum absolute atomic E-state index is 0.201. The zero-order valence-electron chi connectivity index (χ0n) is 25.0. The van der Waals surface area contributed by atoms with Gasteiger partial charge in [0.15, 0.2) is 24.8 Å². The van der Waals surface area contributed by atoms with Gasteiger partial charge in [0.1, 0.15) is 97.6 Å². The first-order valence-corrected chi connectivity index (χ1v) is 15.0. The molecular weight excluding hydrogens is 646 g/mol. The van der Waals surface area contributed by atoms with Crippen LogP contribution in [-0.2, 0) is 37.9 Å². The third-order valence-electron chi connectivity index (χ3n) is 8.78. The number of ether oxygens (including phenoxy) is 8. The molecule has 5 aliphatic rings. The van der Waals surface area contributed by atoms with Crippen LogP contribution in [0, 0.1) is 0 Å². The van der Waals surface area contributed by atoms with Crippen molar-refractivity contribution < 1.29 is 99.2 Å². The van der Waals surface area contributed by atoms with Crippen LogP contribution in [0.4, 0.5) is 0 Å². The first kappa shape index (κ1) is 37.0. The molecular formula is C26H43NO20. The predicted molar refractivity (Wildman–Crippen MR) is 144 cm³/mol. The maximum Gasteiger partial charge on any atom is 0.227 e. The number of rotatable bonds is 10. The third-order valence-corrected chi connectivity index (χ3v) is 8.78. The molecule has 5 aliphatic heterocycles. The van der Waals surface area contributed by atoms with Gasteiger partial charge in [0.05, 0.1) is 26.4 Å². The second kappa shape index (κ2) is 15.3. The van der Waals surface area contributed by atoms with Crippen LogP contribution in [0.5, 0.6) is 0 Å². The van der Waals surface area contributed by atoms with E-state index >= 15 is 0 Å². The molecule has 0 radical (unpaired) electrons. The van der Waals surface area contributed by atoms with Gasteiger partial charge in [0, 0.05) is 6.92 Å². The number of aliphatic imine (C=N–C) groups is 1. The monoisotopic (exact) mass is 689 g/mol. The Balaban J connectivity index is 1.37. The summed E-state index contributed by atoms with van der Waals surface area (Å²) in [5.41, 5.74) is 0. The van der Waals surface area contributed by atoms with Crippen LogP contribution in [0.2, 0.25) is 0 Å². The summed E-state index contributed by atoms with van der Waals surface area (Å²) in [6.07, 6.45) is -31.3. The Morgan fingerprint density at radius 3 is 1.64 bits per heavy atom. The molecule has 21 nitrogen and oxygen atoms in total. The standard InChI is InChI=1S/C26H43NO20/c1-6-27-11-15(34)21(9(4-30)44-23(11)41-6)46-26-20(39)22(47-25-19(38)17(36)13(32)8(3-29)43-25)14(33)10(45-26)5-40-24-18(37)16(35)12(31)7(2-28)42-24/h7-26,28-39H,2-5H2,1H3/t7?,8?,9?,10?,11?,12-,13+,14-,15?,16?,17?,18?,19?,20?,21-,22?,23+,24+,25+,26+/m1/s1. The van der Waals surface area contributed by atoms with E-state index in [4.69, 9.17) is 37.9 Å². The Morgan fingerprint density at radius 2 is 1.04 bits per heavy atom. The van der Waals surface area contributed by atoms with Gasteiger partial charge in [-0.05, 0) is 0 Å². The second-order valence-electron chi connectivity index (χ2n) is 11.9. The topological polar surface area (TPSA) is 329 Å². The summed E-state index contributed by atoms with van der Waals surface area (Å²) in [7, 11) is 0. The van der Waals surface area contributed by atoms with Crippen LogP contribution in [-0.4, -0.2) is 216 Å². The fourth-order valence-corrected chi connectivity index (χ4v) is 6.06. The Bertz CT molecular complexity index is 1050. The number of hydrogen-bond donors (Lipinski definition) is 12. The van der Waals surface area contributed by atoms with Crippen LogP contribution < -0.4 is 0 Å². The van der Waals surface area contributed by atoms with Gasteiger partial charge in [0.2, 0.25) is 6.29 Å². The SMILES string of the molecule is CC1=NC2C(O)[C@H](O[C@@H]3OC(CO[C@H]4OC(CO)[C@@H](O)C(O)C4O)[C@@H](O)C(O[C@@H]4OC(CO)[C@H](O)C(O)C4O)C3O)C(CO)O[C@@H]2O1. The van der Waals surface area contributed by atoms with E-state index in [9.17, 15) is 61.3 Å². The molecule has 4 fully saturated rings. The molecule has 21 heteroatoms. The third kappa shape index (κ3) is 7.30. The van der Waals surface area contributed by atoms with Gasteiger partial charge in [-0.2, -0.15) is 0 Å². The van der Waals surface area contributed by atoms with Gasteiger partial charge < -0.3 is 99.2 Å². The van der Waals surface area contributed by atoms with Gasteiger partial charge in [-0.1, -0.05) is 0 Å². The molecule has 0 bridgehead atoms. The highest BCUT2D eigenvalue weighted by atomic mass is 16.8. The van der Waals surface area contributed by atoms with Gasteiger partial charge in [0.25, 0.3) is 0 Å². The smallest absolute Gasteiger partial charge is 0.227 e. The van der Waals surface area contributed by atoms with Crippen molar-refractivity contribution in [2.24, 2.45) is 4.99 Å². The van der Waals surface area contributed by atoms with E-state index in [0.717, 1.165) is 0 Å². The van der Waals surface area contributed by atoms with Crippen LogP contribution in [0.1, 0.15) is 6.92 Å². The zero-order valence-corrected chi connectivity index (χ0v) is 25.0. The predicted octanol–water partition coefficient (Wildman–Crippen LogP) is -8.28. The largest absolute Gasteiger partial charge is 0.450 e.